The van der Waals surface area contributed by atoms with Gasteiger partial charge in [0.05, 0.1) is 0 Å². The fourth-order valence-corrected chi connectivity index (χ4v) is 2.44. The fraction of sp³-hybridized carbons (Fsp3) is 0.600. The van der Waals surface area contributed by atoms with E-state index in [4.69, 9.17) is 4.74 Å². The Kier molecular flexibility index (Phi) is 3.75. The second kappa shape index (κ2) is 5.68. The predicted octanol–water partition coefficient (Wildman–Crippen LogP) is 1.03. The van der Waals surface area contributed by atoms with E-state index >= 15 is 0 Å². The fourth-order valence-electron chi connectivity index (χ4n) is 2.44. The molecule has 0 aromatic carbocycles. The summed E-state index contributed by atoms with van der Waals surface area (Å²) in [5.41, 5.74) is 0. The number of nitrogens with zero attached hydrogens (tertiary/aromatic N) is 2. The van der Waals surface area contributed by atoms with Crippen LogP contribution in [0, 0.1) is 23.7 Å². The second-order valence-corrected chi connectivity index (χ2v) is 5.49. The van der Waals surface area contributed by atoms with E-state index in [9.17, 15) is 4.79 Å². The highest BCUT2D eigenvalue weighted by Gasteiger charge is 2.32. The number of ether oxygens (including phenoxy) is 1. The number of aromatic nitrogens is 2. The summed E-state index contributed by atoms with van der Waals surface area (Å²) < 4.78 is 7.73. The summed E-state index contributed by atoms with van der Waals surface area (Å²) in [5.74, 6) is 7.10. The smallest absolute Gasteiger partial charge is 0.295 e. The minimum atomic E-state index is -0.178. The summed E-state index contributed by atoms with van der Waals surface area (Å²) in [6.07, 6.45) is 6.86. The molecule has 1 amide bonds. The van der Waals surface area contributed by atoms with E-state index in [1.54, 1.807) is 6.20 Å². The molecule has 0 unspecified atom stereocenters. The standard InChI is InChI=1S/C15H19N3O2/c1-18-8-7-16-15(18)14-12(6-9-20-14)10-17-13(19)5-4-11-2-3-11/h7-8,11-12,14H,2-3,6,9-10H2,1H3,(H,17,19)/t12-,14+/m0/s1. The quantitative estimate of drug-likeness (QED) is 0.837. The van der Waals surface area contributed by atoms with Crippen molar-refractivity contribution in [3.05, 3.63) is 18.2 Å². The number of amides is 1. The zero-order valence-electron chi connectivity index (χ0n) is 11.6. The monoisotopic (exact) mass is 273 g/mol. The van der Waals surface area contributed by atoms with Crippen molar-refractivity contribution in [2.75, 3.05) is 13.2 Å². The topological polar surface area (TPSA) is 56.1 Å². The van der Waals surface area contributed by atoms with Gasteiger partial charge in [-0.2, -0.15) is 0 Å². The van der Waals surface area contributed by atoms with Crippen LogP contribution in [0.25, 0.3) is 0 Å². The van der Waals surface area contributed by atoms with Gasteiger partial charge in [0.25, 0.3) is 5.91 Å². The maximum absolute atomic E-state index is 11.6. The van der Waals surface area contributed by atoms with Crippen molar-refractivity contribution in [3.8, 4) is 11.8 Å². The molecule has 0 bridgehead atoms. The van der Waals surface area contributed by atoms with Gasteiger partial charge < -0.3 is 14.6 Å². The lowest BCUT2D eigenvalue weighted by molar-refractivity contribution is -0.115. The SMILES string of the molecule is Cn1ccnc1[C@@H]1OCC[C@H]1CNC(=O)C#CC1CC1. The summed E-state index contributed by atoms with van der Waals surface area (Å²) in [6, 6.07) is 0. The summed E-state index contributed by atoms with van der Waals surface area (Å²) in [7, 11) is 1.96. The second-order valence-electron chi connectivity index (χ2n) is 5.49. The molecule has 2 fully saturated rings. The number of carbonyl (C=O) groups is 1. The number of nitrogens with one attached hydrogen (secondary N) is 1. The summed E-state index contributed by atoms with van der Waals surface area (Å²) >= 11 is 0. The van der Waals surface area contributed by atoms with Crippen molar-refractivity contribution in [1.29, 1.82) is 0 Å². The van der Waals surface area contributed by atoms with Crippen LogP contribution in [0.3, 0.4) is 0 Å². The first-order valence-electron chi connectivity index (χ1n) is 7.12. The first-order chi connectivity index (χ1) is 9.74. The highest BCUT2D eigenvalue weighted by molar-refractivity contribution is 5.93. The van der Waals surface area contributed by atoms with Crippen LogP contribution < -0.4 is 5.32 Å². The van der Waals surface area contributed by atoms with Gasteiger partial charge in [-0.3, -0.25) is 4.79 Å². The van der Waals surface area contributed by atoms with E-state index in [1.165, 1.54) is 0 Å². The minimum absolute atomic E-state index is 0.0355. The van der Waals surface area contributed by atoms with Gasteiger partial charge in [0.1, 0.15) is 11.9 Å². The van der Waals surface area contributed by atoms with Crippen molar-refractivity contribution < 1.29 is 9.53 Å². The Balaban J connectivity index is 1.55. The van der Waals surface area contributed by atoms with Crippen molar-refractivity contribution in [2.24, 2.45) is 18.9 Å². The van der Waals surface area contributed by atoms with Gasteiger partial charge in [-0.25, -0.2) is 4.98 Å². The molecule has 0 spiro atoms. The molecule has 1 saturated carbocycles. The van der Waals surface area contributed by atoms with Gasteiger partial charge in [0, 0.05) is 44.4 Å². The molecule has 5 heteroatoms. The number of rotatable bonds is 3. The molecule has 2 atom stereocenters. The molecular weight excluding hydrogens is 254 g/mol. The first kappa shape index (κ1) is 13.2. The summed E-state index contributed by atoms with van der Waals surface area (Å²) in [6.45, 7) is 1.31. The van der Waals surface area contributed by atoms with E-state index in [1.807, 2.05) is 17.8 Å². The van der Waals surface area contributed by atoms with Crippen LogP contribution in [0.4, 0.5) is 0 Å². The van der Waals surface area contributed by atoms with Crippen LogP contribution in [-0.2, 0) is 16.6 Å². The van der Waals surface area contributed by atoms with Gasteiger partial charge in [0.2, 0.25) is 0 Å². The zero-order valence-corrected chi connectivity index (χ0v) is 11.6. The Bertz CT molecular complexity index is 551. The highest BCUT2D eigenvalue weighted by atomic mass is 16.5. The highest BCUT2D eigenvalue weighted by Crippen LogP contribution is 2.32. The van der Waals surface area contributed by atoms with E-state index in [-0.39, 0.29) is 17.9 Å². The van der Waals surface area contributed by atoms with Gasteiger partial charge >= 0.3 is 0 Å². The molecular formula is C15H19N3O2. The average Bonchev–Trinajstić information content (AvgIpc) is 2.99. The van der Waals surface area contributed by atoms with Crippen LogP contribution in [0.1, 0.15) is 31.2 Å². The Morgan fingerprint density at radius 1 is 1.55 bits per heavy atom. The molecule has 0 radical (unpaired) electrons. The van der Waals surface area contributed by atoms with Crippen LogP contribution >= 0.6 is 0 Å². The van der Waals surface area contributed by atoms with Crippen molar-refractivity contribution in [3.63, 3.8) is 0 Å². The van der Waals surface area contributed by atoms with Crippen molar-refractivity contribution in [2.45, 2.75) is 25.4 Å². The summed E-state index contributed by atoms with van der Waals surface area (Å²) in [4.78, 5) is 16.0. The third-order valence-corrected chi connectivity index (χ3v) is 3.82. The van der Waals surface area contributed by atoms with E-state index in [0.717, 1.165) is 25.1 Å². The molecule has 20 heavy (non-hydrogen) atoms. The van der Waals surface area contributed by atoms with Crippen LogP contribution in [0.2, 0.25) is 0 Å². The first-order valence-corrected chi connectivity index (χ1v) is 7.12. The molecule has 1 aliphatic heterocycles. The van der Waals surface area contributed by atoms with E-state index < -0.39 is 0 Å². The van der Waals surface area contributed by atoms with Gasteiger partial charge in [-0.05, 0) is 25.2 Å². The Labute approximate surface area is 118 Å². The maximum atomic E-state index is 11.6. The van der Waals surface area contributed by atoms with Crippen LogP contribution in [0.15, 0.2) is 12.4 Å². The average molecular weight is 273 g/mol. The van der Waals surface area contributed by atoms with Crippen molar-refractivity contribution in [1.82, 2.24) is 14.9 Å². The Morgan fingerprint density at radius 3 is 3.10 bits per heavy atom. The third kappa shape index (κ3) is 3.02. The molecule has 1 aromatic rings. The van der Waals surface area contributed by atoms with E-state index in [2.05, 4.69) is 22.1 Å². The largest absolute Gasteiger partial charge is 0.370 e. The zero-order chi connectivity index (χ0) is 13.9. The molecule has 1 saturated heterocycles. The van der Waals surface area contributed by atoms with Gasteiger partial charge in [-0.1, -0.05) is 5.92 Å². The maximum Gasteiger partial charge on any atom is 0.295 e. The molecule has 1 aromatic heterocycles. The Morgan fingerprint density at radius 2 is 2.40 bits per heavy atom. The van der Waals surface area contributed by atoms with Gasteiger partial charge in [-0.15, -0.1) is 0 Å². The number of carbonyl (C=O) groups excluding carboxylic acids is 1. The number of hydrogen-bond donors (Lipinski definition) is 1. The van der Waals surface area contributed by atoms with Crippen LogP contribution in [0.5, 0.6) is 0 Å². The lowest BCUT2D eigenvalue weighted by Crippen LogP contribution is -2.30. The molecule has 2 heterocycles. The lowest BCUT2D eigenvalue weighted by Gasteiger charge is -2.18. The lowest BCUT2D eigenvalue weighted by atomic mass is 10.0. The minimum Gasteiger partial charge on any atom is -0.370 e. The normalized spacial score (nSPS) is 25.1. The number of hydrogen-bond acceptors (Lipinski definition) is 3. The molecule has 106 valence electrons. The molecule has 2 aliphatic rings. The molecule has 1 N–H and O–H groups in total. The summed E-state index contributed by atoms with van der Waals surface area (Å²) in [5, 5.41) is 2.89. The molecule has 3 rings (SSSR count). The number of aryl methyl sites for hydroxylation is 1. The number of imidazole rings is 1. The molecule has 1 aliphatic carbocycles. The van der Waals surface area contributed by atoms with Crippen molar-refractivity contribution >= 4 is 5.91 Å². The molecule has 5 nitrogen and oxygen atoms in total. The Hall–Kier alpha value is -1.80. The predicted molar refractivity (Wildman–Crippen MR) is 73.5 cm³/mol. The van der Waals surface area contributed by atoms with E-state index in [0.29, 0.717) is 19.1 Å². The third-order valence-electron chi connectivity index (χ3n) is 3.82. The van der Waals surface area contributed by atoms with Gasteiger partial charge in [0.15, 0.2) is 0 Å². The van der Waals surface area contributed by atoms with Crippen LogP contribution in [-0.4, -0.2) is 28.6 Å².